The number of carbonyl (C=O) groups is 2. The van der Waals surface area contributed by atoms with E-state index in [1.165, 1.54) is 0 Å². The number of carbonyl (C=O) groups excluding carboxylic acids is 2. The van der Waals surface area contributed by atoms with Crippen LogP contribution >= 0.6 is 0 Å². The molecule has 0 saturated heterocycles. The molecule has 4 fully saturated rings. The lowest BCUT2D eigenvalue weighted by Gasteiger charge is -2.54. The fraction of sp³-hybridized carbons (Fsp3) is 0.857. The van der Waals surface area contributed by atoms with Crippen LogP contribution in [0, 0.1) is 17.8 Å². The van der Waals surface area contributed by atoms with Crippen LogP contribution < -0.4 is 5.73 Å². The van der Waals surface area contributed by atoms with Crippen molar-refractivity contribution in [3.05, 3.63) is 0 Å². The average molecular weight is 331 g/mol. The Bertz CT molecular complexity index is 582. The third-order valence-electron chi connectivity index (χ3n) is 5.24. The summed E-state index contributed by atoms with van der Waals surface area (Å²) in [6, 6.07) is -1.08. The molecule has 8 heteroatoms. The van der Waals surface area contributed by atoms with E-state index in [1.807, 2.05) is 0 Å². The lowest BCUT2D eigenvalue weighted by molar-refractivity contribution is -0.190. The minimum absolute atomic E-state index is 0.00639. The molecule has 4 rings (SSSR count). The second-order valence-corrected chi connectivity index (χ2v) is 8.60. The molecular formula is C14H21NO6S. The maximum atomic E-state index is 12.1. The monoisotopic (exact) mass is 331 g/mol. The largest absolute Gasteiger partial charge is 0.458 e. The Balaban J connectivity index is 1.63. The molecule has 4 saturated carbocycles. The van der Waals surface area contributed by atoms with Crippen molar-refractivity contribution in [2.24, 2.45) is 23.5 Å². The molecule has 7 nitrogen and oxygen atoms in total. The van der Waals surface area contributed by atoms with Gasteiger partial charge in [0.25, 0.3) is 10.1 Å². The minimum Gasteiger partial charge on any atom is -0.458 e. The van der Waals surface area contributed by atoms with Crippen molar-refractivity contribution >= 4 is 21.9 Å². The summed E-state index contributed by atoms with van der Waals surface area (Å²) in [5, 5.41) is 0. The molecule has 0 aromatic heterocycles. The zero-order valence-electron chi connectivity index (χ0n) is 12.2. The van der Waals surface area contributed by atoms with Gasteiger partial charge in [-0.15, -0.1) is 0 Å². The number of Topliss-reactive ketones (excluding diaryl/α,β-unsaturated/α-hetero) is 1. The maximum absolute atomic E-state index is 12.1. The number of ketones is 1. The molecule has 3 N–H and O–H groups in total. The van der Waals surface area contributed by atoms with E-state index in [2.05, 4.69) is 0 Å². The van der Waals surface area contributed by atoms with E-state index >= 15 is 0 Å². The van der Waals surface area contributed by atoms with Crippen molar-refractivity contribution in [3.8, 4) is 0 Å². The second-order valence-electron chi connectivity index (χ2n) is 7.03. The molecule has 3 atom stereocenters. The fourth-order valence-corrected chi connectivity index (χ4v) is 5.03. The quantitative estimate of drug-likeness (QED) is 0.548. The lowest BCUT2D eigenvalue weighted by atomic mass is 9.53. The molecular weight excluding hydrogens is 310 g/mol. The highest BCUT2D eigenvalue weighted by Gasteiger charge is 2.57. The van der Waals surface area contributed by atoms with E-state index in [0.29, 0.717) is 24.5 Å². The molecule has 0 spiro atoms. The number of ether oxygens (including phenoxy) is 1. The van der Waals surface area contributed by atoms with Gasteiger partial charge < -0.3 is 10.5 Å². The normalized spacial score (nSPS) is 38.1. The van der Waals surface area contributed by atoms with E-state index in [-0.39, 0.29) is 18.3 Å². The highest BCUT2D eigenvalue weighted by atomic mass is 32.2. The van der Waals surface area contributed by atoms with E-state index in [1.54, 1.807) is 0 Å². The maximum Gasteiger partial charge on any atom is 0.323 e. The molecule has 0 aliphatic heterocycles. The molecule has 124 valence electrons. The zero-order valence-corrected chi connectivity index (χ0v) is 13.0. The van der Waals surface area contributed by atoms with Crippen molar-refractivity contribution in [3.63, 3.8) is 0 Å². The first-order valence-corrected chi connectivity index (χ1v) is 9.26. The van der Waals surface area contributed by atoms with Gasteiger partial charge in [-0.2, -0.15) is 8.42 Å². The van der Waals surface area contributed by atoms with Crippen molar-refractivity contribution < 1.29 is 27.3 Å². The first-order valence-electron chi connectivity index (χ1n) is 7.65. The van der Waals surface area contributed by atoms with Gasteiger partial charge in [0.15, 0.2) is 0 Å². The average Bonchev–Trinajstić information content (AvgIpc) is 2.39. The molecule has 0 heterocycles. The first kappa shape index (κ1) is 15.9. The Morgan fingerprint density at radius 2 is 1.91 bits per heavy atom. The van der Waals surface area contributed by atoms with Gasteiger partial charge in [0, 0.05) is 11.8 Å². The van der Waals surface area contributed by atoms with E-state index in [4.69, 9.17) is 15.0 Å². The Kier molecular flexibility index (Phi) is 3.81. The van der Waals surface area contributed by atoms with Crippen LogP contribution in [-0.2, 0) is 24.4 Å². The molecule has 3 unspecified atom stereocenters. The summed E-state index contributed by atoms with van der Waals surface area (Å²) in [4.78, 5) is 24.2. The topological polar surface area (TPSA) is 124 Å². The van der Waals surface area contributed by atoms with Crippen LogP contribution in [0.5, 0.6) is 0 Å². The SMILES string of the molecule is NC(CCS(=O)(=O)O)C(=O)OC12CC3CC(C1)C(=O)C(C3)C2. The Morgan fingerprint density at radius 1 is 1.32 bits per heavy atom. The zero-order chi connectivity index (χ0) is 16.1. The van der Waals surface area contributed by atoms with Crippen LogP contribution in [0.15, 0.2) is 0 Å². The van der Waals surface area contributed by atoms with Gasteiger partial charge in [-0.25, -0.2) is 0 Å². The van der Waals surface area contributed by atoms with E-state index < -0.39 is 33.5 Å². The predicted molar refractivity (Wildman–Crippen MR) is 76.4 cm³/mol. The van der Waals surface area contributed by atoms with Crippen LogP contribution in [0.2, 0.25) is 0 Å². The van der Waals surface area contributed by atoms with Crippen LogP contribution in [-0.4, -0.2) is 42.1 Å². The van der Waals surface area contributed by atoms with Gasteiger partial charge in [-0.1, -0.05) is 0 Å². The number of nitrogens with two attached hydrogens (primary N) is 1. The number of esters is 1. The van der Waals surface area contributed by atoms with Crippen LogP contribution in [0.4, 0.5) is 0 Å². The number of hydrogen-bond donors (Lipinski definition) is 2. The Labute approximate surface area is 129 Å². The summed E-state index contributed by atoms with van der Waals surface area (Å²) < 4.78 is 35.8. The summed E-state index contributed by atoms with van der Waals surface area (Å²) in [5.74, 6) is -0.489. The molecule has 0 amide bonds. The minimum atomic E-state index is -4.15. The van der Waals surface area contributed by atoms with Crippen LogP contribution in [0.25, 0.3) is 0 Å². The summed E-state index contributed by atoms with van der Waals surface area (Å²) in [6.07, 6.45) is 3.51. The van der Waals surface area contributed by atoms with Gasteiger partial charge >= 0.3 is 5.97 Å². The second kappa shape index (κ2) is 5.28. The first-order chi connectivity index (χ1) is 10.2. The molecule has 0 aromatic carbocycles. The van der Waals surface area contributed by atoms with Crippen molar-refractivity contribution in [2.45, 2.75) is 50.2 Å². The summed E-state index contributed by atoms with van der Waals surface area (Å²) in [7, 11) is -4.15. The van der Waals surface area contributed by atoms with Gasteiger partial charge in [0.1, 0.15) is 17.4 Å². The number of hydrogen-bond acceptors (Lipinski definition) is 6. The van der Waals surface area contributed by atoms with Crippen molar-refractivity contribution in [1.82, 2.24) is 0 Å². The fourth-order valence-electron chi connectivity index (χ4n) is 4.48. The van der Waals surface area contributed by atoms with Gasteiger partial charge in [0.2, 0.25) is 0 Å². The van der Waals surface area contributed by atoms with Crippen molar-refractivity contribution in [1.29, 1.82) is 0 Å². The molecule has 0 aromatic rings. The standard InChI is InChI=1S/C14H21NO6S/c15-11(1-2-22(18,19)20)13(17)21-14-5-8-3-9(6-14)12(16)10(4-8)7-14/h8-11H,1-7,15H2,(H,18,19,20). The highest BCUT2D eigenvalue weighted by Crippen LogP contribution is 2.55. The lowest BCUT2D eigenvalue weighted by Crippen LogP contribution is -2.57. The molecule has 0 radical (unpaired) electrons. The molecule has 22 heavy (non-hydrogen) atoms. The molecule has 4 aliphatic carbocycles. The predicted octanol–water partition coefficient (Wildman–Crippen LogP) is 0.283. The van der Waals surface area contributed by atoms with Crippen LogP contribution in [0.1, 0.15) is 38.5 Å². The highest BCUT2D eigenvalue weighted by molar-refractivity contribution is 7.85. The molecule has 4 aliphatic rings. The van der Waals surface area contributed by atoms with E-state index in [9.17, 15) is 18.0 Å². The summed E-state index contributed by atoms with van der Waals surface area (Å²) in [5.41, 5.74) is 5.06. The van der Waals surface area contributed by atoms with E-state index in [0.717, 1.165) is 19.3 Å². The van der Waals surface area contributed by atoms with Crippen molar-refractivity contribution in [2.75, 3.05) is 5.75 Å². The third kappa shape index (κ3) is 3.04. The smallest absolute Gasteiger partial charge is 0.323 e. The Morgan fingerprint density at radius 3 is 2.45 bits per heavy atom. The summed E-state index contributed by atoms with van der Waals surface area (Å²) in [6.45, 7) is 0. The van der Waals surface area contributed by atoms with Gasteiger partial charge in [-0.05, 0) is 44.4 Å². The Hall–Kier alpha value is -0.990. The van der Waals surface area contributed by atoms with Gasteiger partial charge in [-0.3, -0.25) is 14.1 Å². The third-order valence-corrected chi connectivity index (χ3v) is 6.00. The number of rotatable bonds is 5. The van der Waals surface area contributed by atoms with Gasteiger partial charge in [0.05, 0.1) is 5.75 Å². The van der Waals surface area contributed by atoms with Crippen LogP contribution in [0.3, 0.4) is 0 Å². The molecule has 4 bridgehead atoms. The summed E-state index contributed by atoms with van der Waals surface area (Å²) >= 11 is 0.